The second-order valence-electron chi connectivity index (χ2n) is 5.47. The van der Waals surface area contributed by atoms with Crippen LogP contribution in [0.5, 0.6) is 5.75 Å². The van der Waals surface area contributed by atoms with E-state index in [1.54, 1.807) is 36.9 Å². The normalized spacial score (nSPS) is 11.0. The summed E-state index contributed by atoms with van der Waals surface area (Å²) in [5, 5.41) is 4.24. The van der Waals surface area contributed by atoms with Crippen molar-refractivity contribution in [3.05, 3.63) is 83.4 Å². The second kappa shape index (κ2) is 7.13. The largest absolute Gasteiger partial charge is 0.496 e. The van der Waals surface area contributed by atoms with E-state index < -0.39 is 0 Å². The van der Waals surface area contributed by atoms with E-state index in [1.807, 2.05) is 24.3 Å². The topological polar surface area (TPSA) is 44.1 Å². The number of hydrogen-bond acceptors (Lipinski definition) is 3. The summed E-state index contributed by atoms with van der Waals surface area (Å²) < 4.78 is 19.9. The van der Waals surface area contributed by atoms with Gasteiger partial charge in [-0.25, -0.2) is 9.07 Å². The highest BCUT2D eigenvalue weighted by molar-refractivity contribution is 6.07. The van der Waals surface area contributed by atoms with E-state index in [2.05, 4.69) is 5.10 Å². The second-order valence-corrected chi connectivity index (χ2v) is 5.47. The van der Waals surface area contributed by atoms with Crippen LogP contribution in [0.4, 0.5) is 4.39 Å². The predicted molar refractivity (Wildman–Crippen MR) is 94.6 cm³/mol. The third-order valence-electron chi connectivity index (χ3n) is 3.90. The van der Waals surface area contributed by atoms with Crippen molar-refractivity contribution in [3.8, 4) is 11.4 Å². The Balaban J connectivity index is 1.86. The molecule has 0 radical (unpaired) electrons. The Kier molecular flexibility index (Phi) is 4.75. The van der Waals surface area contributed by atoms with Crippen LogP contribution in [0.2, 0.25) is 0 Å². The average molecular weight is 336 g/mol. The first-order valence-electron chi connectivity index (χ1n) is 7.76. The Bertz CT molecular complexity index is 927. The van der Waals surface area contributed by atoms with Gasteiger partial charge in [-0.1, -0.05) is 18.2 Å². The lowest BCUT2D eigenvalue weighted by Crippen LogP contribution is -2.01. The monoisotopic (exact) mass is 336 g/mol. The number of hydrogen-bond donors (Lipinski definition) is 0. The first-order valence-corrected chi connectivity index (χ1v) is 7.76. The molecular formula is C20H17FN2O2. The van der Waals surface area contributed by atoms with Gasteiger partial charge in [-0.2, -0.15) is 5.10 Å². The van der Waals surface area contributed by atoms with Gasteiger partial charge in [-0.3, -0.25) is 4.79 Å². The van der Waals surface area contributed by atoms with Crippen molar-refractivity contribution in [2.24, 2.45) is 0 Å². The van der Waals surface area contributed by atoms with Crippen molar-refractivity contribution >= 4 is 11.9 Å². The van der Waals surface area contributed by atoms with Crippen molar-refractivity contribution in [1.82, 2.24) is 9.78 Å². The highest BCUT2D eigenvalue weighted by atomic mass is 19.1. The summed E-state index contributed by atoms with van der Waals surface area (Å²) in [6, 6.07) is 13.4. The smallest absolute Gasteiger partial charge is 0.189 e. The van der Waals surface area contributed by atoms with Crippen LogP contribution >= 0.6 is 0 Å². The fourth-order valence-electron chi connectivity index (χ4n) is 2.55. The van der Waals surface area contributed by atoms with Crippen molar-refractivity contribution in [1.29, 1.82) is 0 Å². The molecule has 0 bridgehead atoms. The minimum absolute atomic E-state index is 0.156. The van der Waals surface area contributed by atoms with E-state index in [0.29, 0.717) is 22.7 Å². The van der Waals surface area contributed by atoms with Gasteiger partial charge in [-0.05, 0) is 49.4 Å². The molecule has 0 N–H and O–H groups in total. The van der Waals surface area contributed by atoms with Gasteiger partial charge < -0.3 is 4.74 Å². The van der Waals surface area contributed by atoms with E-state index in [0.717, 1.165) is 5.56 Å². The SMILES string of the molecule is COc1ccccc1C=CC(=O)c1cnn(-c2ccc(F)cc2)c1C. The zero-order valence-electron chi connectivity index (χ0n) is 13.9. The molecule has 0 amide bonds. The number of halogens is 1. The number of rotatable bonds is 5. The molecule has 1 heterocycles. The molecule has 0 unspecified atom stereocenters. The Labute approximate surface area is 145 Å². The Morgan fingerprint density at radius 2 is 1.88 bits per heavy atom. The third-order valence-corrected chi connectivity index (χ3v) is 3.90. The number of ether oxygens (including phenoxy) is 1. The molecule has 0 saturated heterocycles. The van der Waals surface area contributed by atoms with Crippen LogP contribution in [-0.4, -0.2) is 22.7 Å². The lowest BCUT2D eigenvalue weighted by atomic mass is 10.1. The molecule has 0 spiro atoms. The number of allylic oxidation sites excluding steroid dienone is 1. The molecule has 0 aliphatic rings. The summed E-state index contributed by atoms with van der Waals surface area (Å²) in [4.78, 5) is 12.5. The van der Waals surface area contributed by atoms with E-state index >= 15 is 0 Å². The van der Waals surface area contributed by atoms with Crippen molar-refractivity contribution in [2.45, 2.75) is 6.92 Å². The molecule has 0 aliphatic carbocycles. The number of carbonyl (C=O) groups excluding carboxylic acids is 1. The summed E-state index contributed by atoms with van der Waals surface area (Å²) in [7, 11) is 1.59. The molecule has 25 heavy (non-hydrogen) atoms. The fraction of sp³-hybridized carbons (Fsp3) is 0.100. The van der Waals surface area contributed by atoms with Crippen LogP contribution in [0, 0.1) is 12.7 Å². The molecule has 5 heteroatoms. The number of aromatic nitrogens is 2. The summed E-state index contributed by atoms with van der Waals surface area (Å²) in [5.74, 6) is 0.228. The third kappa shape index (κ3) is 3.50. The highest BCUT2D eigenvalue weighted by Crippen LogP contribution is 2.20. The molecule has 0 aliphatic heterocycles. The molecular weight excluding hydrogens is 319 g/mol. The van der Waals surface area contributed by atoms with E-state index in [4.69, 9.17) is 4.74 Å². The van der Waals surface area contributed by atoms with Crippen molar-refractivity contribution in [2.75, 3.05) is 7.11 Å². The molecule has 3 aromatic rings. The Hall–Kier alpha value is -3.21. The molecule has 1 aromatic heterocycles. The van der Waals surface area contributed by atoms with Gasteiger partial charge in [0.25, 0.3) is 0 Å². The quantitative estimate of drug-likeness (QED) is 0.517. The fourth-order valence-corrected chi connectivity index (χ4v) is 2.55. The van der Waals surface area contributed by atoms with Gasteiger partial charge in [0.2, 0.25) is 0 Å². The van der Waals surface area contributed by atoms with Crippen molar-refractivity contribution < 1.29 is 13.9 Å². The molecule has 126 valence electrons. The van der Waals surface area contributed by atoms with E-state index in [-0.39, 0.29) is 11.6 Å². The molecule has 0 fully saturated rings. The van der Waals surface area contributed by atoms with Gasteiger partial charge in [0.1, 0.15) is 11.6 Å². The summed E-state index contributed by atoms with van der Waals surface area (Å²) >= 11 is 0. The standard InChI is InChI=1S/C20H17FN2O2/c1-14-18(13-22-23(14)17-10-8-16(21)9-11-17)19(24)12-7-15-5-3-4-6-20(15)25-2/h3-13H,1-2H3. The van der Waals surface area contributed by atoms with Gasteiger partial charge in [0.15, 0.2) is 5.78 Å². The lowest BCUT2D eigenvalue weighted by Gasteiger charge is -2.05. The number of ketones is 1. The van der Waals surface area contributed by atoms with Crippen LogP contribution in [0.1, 0.15) is 21.6 Å². The van der Waals surface area contributed by atoms with Crippen LogP contribution in [0.15, 0.2) is 60.8 Å². The van der Waals surface area contributed by atoms with Gasteiger partial charge in [0.05, 0.1) is 30.3 Å². The van der Waals surface area contributed by atoms with Crippen molar-refractivity contribution in [3.63, 3.8) is 0 Å². The number of para-hydroxylation sites is 1. The predicted octanol–water partition coefficient (Wildman–Crippen LogP) is 4.22. The first kappa shape index (κ1) is 16.6. The maximum atomic E-state index is 13.1. The molecule has 0 atom stereocenters. The van der Waals surface area contributed by atoms with Crippen LogP contribution in [0.3, 0.4) is 0 Å². The van der Waals surface area contributed by atoms with Gasteiger partial charge >= 0.3 is 0 Å². The van der Waals surface area contributed by atoms with Crippen LogP contribution in [0.25, 0.3) is 11.8 Å². The van der Waals surface area contributed by atoms with E-state index in [1.165, 1.54) is 24.4 Å². The minimum Gasteiger partial charge on any atom is -0.496 e. The number of carbonyl (C=O) groups is 1. The highest BCUT2D eigenvalue weighted by Gasteiger charge is 2.13. The minimum atomic E-state index is -0.315. The molecule has 0 saturated carbocycles. The Morgan fingerprint density at radius 1 is 1.16 bits per heavy atom. The maximum absolute atomic E-state index is 13.1. The molecule has 4 nitrogen and oxygen atoms in total. The van der Waals surface area contributed by atoms with Gasteiger partial charge in [-0.15, -0.1) is 0 Å². The van der Waals surface area contributed by atoms with E-state index in [9.17, 15) is 9.18 Å². The van der Waals surface area contributed by atoms with Crippen LogP contribution < -0.4 is 4.74 Å². The first-order chi connectivity index (χ1) is 12.1. The average Bonchev–Trinajstić information content (AvgIpc) is 3.02. The zero-order chi connectivity index (χ0) is 17.8. The number of nitrogens with zero attached hydrogens (tertiary/aromatic N) is 2. The number of methoxy groups -OCH3 is 1. The summed E-state index contributed by atoms with van der Waals surface area (Å²) in [6.07, 6.45) is 4.74. The maximum Gasteiger partial charge on any atom is 0.189 e. The lowest BCUT2D eigenvalue weighted by molar-refractivity contribution is 0.104. The summed E-state index contributed by atoms with van der Waals surface area (Å²) in [5.41, 5.74) is 2.71. The Morgan fingerprint density at radius 3 is 2.60 bits per heavy atom. The number of benzene rings is 2. The molecule has 3 rings (SSSR count). The van der Waals surface area contributed by atoms with Gasteiger partial charge in [0, 0.05) is 5.56 Å². The molecule has 2 aromatic carbocycles. The van der Waals surface area contributed by atoms with Crippen LogP contribution in [-0.2, 0) is 0 Å². The summed E-state index contributed by atoms with van der Waals surface area (Å²) in [6.45, 7) is 1.81. The zero-order valence-corrected chi connectivity index (χ0v) is 13.9.